The number of pyridine rings is 1. The fraction of sp³-hybridized carbons (Fsp3) is 0.273. The van der Waals surface area contributed by atoms with Crippen LogP contribution in [0.4, 0.5) is 10.5 Å². The molecular weight excluding hydrogens is 454 g/mol. The van der Waals surface area contributed by atoms with Gasteiger partial charge in [0.2, 0.25) is 0 Å². The van der Waals surface area contributed by atoms with Crippen LogP contribution in [0.5, 0.6) is 0 Å². The van der Waals surface area contributed by atoms with Gasteiger partial charge in [-0.05, 0) is 65.0 Å². The van der Waals surface area contributed by atoms with E-state index in [0.717, 1.165) is 45.3 Å². The maximum Gasteiger partial charge on any atom is 0.409 e. The normalized spacial score (nSPS) is 15.6. The van der Waals surface area contributed by atoms with Gasteiger partial charge in [0.25, 0.3) is 0 Å². The van der Waals surface area contributed by atoms with Gasteiger partial charge in [-0.15, -0.1) is 0 Å². The molecule has 2 aromatic rings. The molecule has 4 rings (SSSR count). The van der Waals surface area contributed by atoms with Crippen LogP contribution in [0.2, 0.25) is 5.02 Å². The van der Waals surface area contributed by atoms with Crippen molar-refractivity contribution >= 4 is 57.0 Å². The highest BCUT2D eigenvalue weighted by atomic mass is 79.9. The molecule has 2 heterocycles. The van der Waals surface area contributed by atoms with E-state index in [9.17, 15) is 4.79 Å². The van der Waals surface area contributed by atoms with Crippen molar-refractivity contribution in [3.8, 4) is 0 Å². The summed E-state index contributed by atoms with van der Waals surface area (Å²) in [5.74, 6) is 0. The number of benzene rings is 1. The van der Waals surface area contributed by atoms with Crippen LogP contribution >= 0.6 is 27.5 Å². The number of halogens is 2. The van der Waals surface area contributed by atoms with Gasteiger partial charge in [-0.1, -0.05) is 29.3 Å². The summed E-state index contributed by atoms with van der Waals surface area (Å²) >= 11 is 9.81. The van der Waals surface area contributed by atoms with Gasteiger partial charge in [0.05, 0.1) is 23.0 Å². The minimum absolute atomic E-state index is 0.252. The highest BCUT2D eigenvalue weighted by molar-refractivity contribution is 9.10. The maximum absolute atomic E-state index is 12.1. The summed E-state index contributed by atoms with van der Waals surface area (Å²) in [6, 6.07) is 5.89. The van der Waals surface area contributed by atoms with Crippen LogP contribution in [0.3, 0.4) is 0 Å². The van der Waals surface area contributed by atoms with E-state index in [2.05, 4.69) is 34.1 Å². The summed E-state index contributed by atoms with van der Waals surface area (Å²) in [7, 11) is 0. The highest BCUT2D eigenvalue weighted by Gasteiger charge is 2.26. The molecule has 0 unspecified atom stereocenters. The largest absolute Gasteiger partial charge is 0.450 e. The molecule has 1 aromatic heterocycles. The molecular formula is C22H21BrClN3O2. The minimum Gasteiger partial charge on any atom is -0.450 e. The van der Waals surface area contributed by atoms with Crippen molar-refractivity contribution in [2.45, 2.75) is 19.8 Å². The molecule has 0 spiro atoms. The summed E-state index contributed by atoms with van der Waals surface area (Å²) in [6.45, 7) is 3.44. The van der Waals surface area contributed by atoms with Gasteiger partial charge in [-0.25, -0.2) is 4.79 Å². The molecule has 1 amide bonds. The Morgan fingerprint density at radius 2 is 1.97 bits per heavy atom. The second kappa shape index (κ2) is 8.20. The number of rotatable bonds is 1. The predicted octanol–water partition coefficient (Wildman–Crippen LogP) is 5.62. The third-order valence-electron chi connectivity index (χ3n) is 5.25. The van der Waals surface area contributed by atoms with Crippen LogP contribution in [0, 0.1) is 0 Å². The molecule has 29 heavy (non-hydrogen) atoms. The molecule has 7 heteroatoms. The average molecular weight is 475 g/mol. The molecule has 150 valence electrons. The molecule has 0 bridgehead atoms. The lowest BCUT2D eigenvalue weighted by molar-refractivity contribution is 0.104. The second-order valence-electron chi connectivity index (χ2n) is 7.05. The quantitative estimate of drug-likeness (QED) is 0.465. The first kappa shape index (κ1) is 20.0. The Balaban J connectivity index is 1.82. The zero-order valence-electron chi connectivity index (χ0n) is 16.0. The fourth-order valence-electron chi connectivity index (χ4n) is 3.84. The average Bonchev–Trinajstić information content (AvgIpc) is 2.85. The molecule has 2 aliphatic rings. The maximum atomic E-state index is 12.1. The number of nitrogens with zero attached hydrogens (tertiary/aromatic N) is 2. The van der Waals surface area contributed by atoms with Crippen molar-refractivity contribution in [1.82, 2.24) is 9.88 Å². The van der Waals surface area contributed by atoms with Gasteiger partial charge in [0, 0.05) is 34.9 Å². The Morgan fingerprint density at radius 1 is 1.24 bits per heavy atom. The van der Waals surface area contributed by atoms with Crippen LogP contribution in [0.25, 0.3) is 17.7 Å². The van der Waals surface area contributed by atoms with Crippen molar-refractivity contribution in [3.05, 3.63) is 61.8 Å². The zero-order valence-corrected chi connectivity index (χ0v) is 18.4. The number of carbonyl (C=O) groups is 1. The molecule has 1 aliphatic carbocycles. The van der Waals surface area contributed by atoms with E-state index in [0.29, 0.717) is 30.4 Å². The third-order valence-corrected chi connectivity index (χ3v) is 6.01. The molecule has 0 radical (unpaired) electrons. The Bertz CT molecular complexity index is 1040. The standard InChI is InChI=1S/C22H21BrClN3O2/c1-2-29-22(28)27-7-5-13(6-8-27)20-17-11-19(25)18(24)10-14(17)3-4-15-9-16(23)12-26-21(15)20/h3-4,9-12H,2,5-8,25H2,1H3. The summed E-state index contributed by atoms with van der Waals surface area (Å²) < 4.78 is 6.07. The smallest absolute Gasteiger partial charge is 0.409 e. The second-order valence-corrected chi connectivity index (χ2v) is 8.37. The monoisotopic (exact) mass is 473 g/mol. The van der Waals surface area contributed by atoms with Crippen molar-refractivity contribution in [3.63, 3.8) is 0 Å². The van der Waals surface area contributed by atoms with E-state index in [-0.39, 0.29) is 6.09 Å². The number of piperidine rings is 1. The lowest BCUT2D eigenvalue weighted by atomic mass is 9.88. The van der Waals surface area contributed by atoms with Gasteiger partial charge >= 0.3 is 6.09 Å². The summed E-state index contributed by atoms with van der Waals surface area (Å²) in [5.41, 5.74) is 13.0. The topological polar surface area (TPSA) is 68.5 Å². The SMILES string of the molecule is CCOC(=O)N1CCC(=C2c3cc(N)c(Cl)cc3C=Cc3cc(Br)cnc32)CC1. The minimum atomic E-state index is -0.252. The Kier molecular flexibility index (Phi) is 5.65. The molecule has 1 aromatic carbocycles. The van der Waals surface area contributed by atoms with Crippen LogP contribution in [0.1, 0.15) is 42.1 Å². The lowest BCUT2D eigenvalue weighted by Crippen LogP contribution is -2.37. The van der Waals surface area contributed by atoms with Crippen LogP contribution in [0.15, 0.2) is 34.4 Å². The summed E-state index contributed by atoms with van der Waals surface area (Å²) in [4.78, 5) is 18.6. The van der Waals surface area contributed by atoms with Crippen LogP contribution in [-0.2, 0) is 4.74 Å². The van der Waals surface area contributed by atoms with E-state index in [1.54, 1.807) is 4.90 Å². The Labute approximate surface area is 183 Å². The van der Waals surface area contributed by atoms with E-state index in [4.69, 9.17) is 27.1 Å². The molecule has 1 fully saturated rings. The van der Waals surface area contributed by atoms with E-state index < -0.39 is 0 Å². The van der Waals surface area contributed by atoms with Crippen molar-refractivity contribution in [2.24, 2.45) is 0 Å². The molecule has 0 saturated carbocycles. The van der Waals surface area contributed by atoms with Gasteiger partial charge in [0.1, 0.15) is 0 Å². The number of nitrogens with two attached hydrogens (primary N) is 1. The first-order valence-corrected chi connectivity index (χ1v) is 10.7. The number of hydrogen-bond acceptors (Lipinski definition) is 4. The van der Waals surface area contributed by atoms with Gasteiger partial charge in [0.15, 0.2) is 0 Å². The number of nitrogen functional groups attached to an aromatic ring is 1. The number of aromatic nitrogens is 1. The summed E-state index contributed by atoms with van der Waals surface area (Å²) in [5, 5.41) is 0.537. The third kappa shape index (κ3) is 3.91. The van der Waals surface area contributed by atoms with Crippen molar-refractivity contribution < 1.29 is 9.53 Å². The number of likely N-dealkylation sites (tertiary alicyclic amines) is 1. The number of hydrogen-bond donors (Lipinski definition) is 1. The molecule has 5 nitrogen and oxygen atoms in total. The van der Waals surface area contributed by atoms with Gasteiger partial charge < -0.3 is 15.4 Å². The van der Waals surface area contributed by atoms with Crippen molar-refractivity contribution in [1.29, 1.82) is 0 Å². The number of anilines is 1. The van der Waals surface area contributed by atoms with E-state index >= 15 is 0 Å². The predicted molar refractivity (Wildman–Crippen MR) is 121 cm³/mol. The molecule has 1 saturated heterocycles. The van der Waals surface area contributed by atoms with E-state index in [1.165, 1.54) is 5.57 Å². The van der Waals surface area contributed by atoms with E-state index in [1.807, 2.05) is 25.3 Å². The fourth-order valence-corrected chi connectivity index (χ4v) is 4.36. The number of amides is 1. The van der Waals surface area contributed by atoms with Crippen LogP contribution < -0.4 is 5.73 Å². The zero-order chi connectivity index (χ0) is 20.5. The van der Waals surface area contributed by atoms with Gasteiger partial charge in [-0.3, -0.25) is 4.98 Å². The first-order valence-electron chi connectivity index (χ1n) is 9.55. The highest BCUT2D eigenvalue weighted by Crippen LogP contribution is 2.40. The molecule has 0 atom stereocenters. The Morgan fingerprint density at radius 3 is 2.69 bits per heavy atom. The van der Waals surface area contributed by atoms with Gasteiger partial charge in [-0.2, -0.15) is 0 Å². The Hall–Kier alpha value is -2.31. The number of fused-ring (bicyclic) bond motifs is 2. The van der Waals surface area contributed by atoms with Crippen LogP contribution in [-0.4, -0.2) is 35.7 Å². The van der Waals surface area contributed by atoms with Crippen molar-refractivity contribution in [2.75, 3.05) is 25.4 Å². The number of ether oxygens (including phenoxy) is 1. The number of carbonyl (C=O) groups excluding carboxylic acids is 1. The molecule has 2 N–H and O–H groups in total. The summed E-state index contributed by atoms with van der Waals surface area (Å²) in [6.07, 6.45) is 7.18. The molecule has 1 aliphatic heterocycles. The first-order chi connectivity index (χ1) is 14.0. The lowest BCUT2D eigenvalue weighted by Gasteiger charge is -2.29.